The van der Waals surface area contributed by atoms with Gasteiger partial charge in [0.05, 0.1) is 12.3 Å². The van der Waals surface area contributed by atoms with E-state index in [-0.39, 0.29) is 0 Å². The number of hydrogen-bond donors (Lipinski definition) is 1. The molecule has 4 nitrogen and oxygen atoms in total. The topological polar surface area (TPSA) is 47.0 Å². The standard InChI is InChI=1S/C17H23N3O/c1-4-8-15-16(19-12-20-17(15)18-5-2)13-9-7-10-14(11-13)21-6-3/h7,9-12H,4-6,8H2,1-3H3,(H,18,19,20). The molecule has 0 saturated carbocycles. The Bertz CT molecular complexity index is 584. The first-order chi connectivity index (χ1) is 10.3. The van der Waals surface area contributed by atoms with E-state index in [4.69, 9.17) is 4.74 Å². The van der Waals surface area contributed by atoms with Crippen molar-refractivity contribution in [3.63, 3.8) is 0 Å². The Morgan fingerprint density at radius 3 is 2.71 bits per heavy atom. The van der Waals surface area contributed by atoms with Crippen molar-refractivity contribution in [2.75, 3.05) is 18.5 Å². The van der Waals surface area contributed by atoms with E-state index in [0.29, 0.717) is 6.61 Å². The summed E-state index contributed by atoms with van der Waals surface area (Å²) in [7, 11) is 0. The van der Waals surface area contributed by atoms with E-state index < -0.39 is 0 Å². The van der Waals surface area contributed by atoms with Gasteiger partial charge < -0.3 is 10.1 Å². The number of aromatic nitrogens is 2. The molecule has 1 N–H and O–H groups in total. The SMILES string of the molecule is CCCc1c(NCC)ncnc1-c1cccc(OCC)c1. The Morgan fingerprint density at radius 2 is 2.00 bits per heavy atom. The summed E-state index contributed by atoms with van der Waals surface area (Å²) < 4.78 is 5.59. The van der Waals surface area contributed by atoms with Crippen molar-refractivity contribution in [1.82, 2.24) is 9.97 Å². The summed E-state index contributed by atoms with van der Waals surface area (Å²) in [4.78, 5) is 8.88. The molecule has 0 radical (unpaired) electrons. The first-order valence-corrected chi connectivity index (χ1v) is 7.61. The molecule has 0 saturated heterocycles. The fourth-order valence-electron chi connectivity index (χ4n) is 2.37. The zero-order chi connectivity index (χ0) is 15.1. The van der Waals surface area contributed by atoms with E-state index in [1.807, 2.05) is 25.1 Å². The van der Waals surface area contributed by atoms with Crippen molar-refractivity contribution in [3.05, 3.63) is 36.2 Å². The fraction of sp³-hybridized carbons (Fsp3) is 0.412. The van der Waals surface area contributed by atoms with Crippen LogP contribution in [-0.4, -0.2) is 23.1 Å². The Hall–Kier alpha value is -2.10. The Balaban J connectivity index is 2.46. The van der Waals surface area contributed by atoms with Crippen LogP contribution in [0.4, 0.5) is 5.82 Å². The second kappa shape index (κ2) is 7.62. The number of rotatable bonds is 7. The highest BCUT2D eigenvalue weighted by atomic mass is 16.5. The van der Waals surface area contributed by atoms with E-state index in [0.717, 1.165) is 42.2 Å². The minimum Gasteiger partial charge on any atom is -0.494 e. The van der Waals surface area contributed by atoms with Crippen LogP contribution in [-0.2, 0) is 6.42 Å². The van der Waals surface area contributed by atoms with Crippen LogP contribution in [0.2, 0.25) is 0 Å². The summed E-state index contributed by atoms with van der Waals surface area (Å²) in [5, 5.41) is 3.33. The minimum atomic E-state index is 0.664. The van der Waals surface area contributed by atoms with Crippen molar-refractivity contribution in [2.24, 2.45) is 0 Å². The van der Waals surface area contributed by atoms with Crippen molar-refractivity contribution >= 4 is 5.82 Å². The molecule has 0 amide bonds. The van der Waals surface area contributed by atoms with Crippen molar-refractivity contribution in [1.29, 1.82) is 0 Å². The second-order valence-electron chi connectivity index (χ2n) is 4.79. The summed E-state index contributed by atoms with van der Waals surface area (Å²) >= 11 is 0. The summed E-state index contributed by atoms with van der Waals surface area (Å²) in [5.41, 5.74) is 3.24. The number of benzene rings is 1. The van der Waals surface area contributed by atoms with Gasteiger partial charge >= 0.3 is 0 Å². The van der Waals surface area contributed by atoms with Gasteiger partial charge in [0.15, 0.2) is 0 Å². The third-order valence-electron chi connectivity index (χ3n) is 3.21. The first kappa shape index (κ1) is 15.3. The highest BCUT2D eigenvalue weighted by molar-refractivity contribution is 5.69. The van der Waals surface area contributed by atoms with Crippen LogP contribution in [0.1, 0.15) is 32.8 Å². The maximum absolute atomic E-state index is 5.59. The predicted molar refractivity (Wildman–Crippen MR) is 86.8 cm³/mol. The molecule has 1 aromatic heterocycles. The second-order valence-corrected chi connectivity index (χ2v) is 4.79. The van der Waals surface area contributed by atoms with Crippen LogP contribution < -0.4 is 10.1 Å². The molecule has 0 aliphatic heterocycles. The molecule has 112 valence electrons. The van der Waals surface area contributed by atoms with Crippen LogP contribution in [0.15, 0.2) is 30.6 Å². The maximum atomic E-state index is 5.59. The van der Waals surface area contributed by atoms with Gasteiger partial charge in [-0.05, 0) is 32.4 Å². The van der Waals surface area contributed by atoms with E-state index >= 15 is 0 Å². The van der Waals surface area contributed by atoms with E-state index in [2.05, 4.69) is 35.2 Å². The average molecular weight is 285 g/mol. The molecule has 2 rings (SSSR count). The maximum Gasteiger partial charge on any atom is 0.133 e. The van der Waals surface area contributed by atoms with Gasteiger partial charge in [-0.1, -0.05) is 25.5 Å². The molecule has 2 aromatic rings. The van der Waals surface area contributed by atoms with E-state index in [9.17, 15) is 0 Å². The van der Waals surface area contributed by atoms with Gasteiger partial charge in [0.2, 0.25) is 0 Å². The van der Waals surface area contributed by atoms with Crippen LogP contribution in [0.5, 0.6) is 5.75 Å². The molecule has 0 atom stereocenters. The van der Waals surface area contributed by atoms with Gasteiger partial charge in [-0.2, -0.15) is 0 Å². The highest BCUT2D eigenvalue weighted by Crippen LogP contribution is 2.29. The lowest BCUT2D eigenvalue weighted by Gasteiger charge is -2.14. The number of hydrogen-bond acceptors (Lipinski definition) is 4. The van der Waals surface area contributed by atoms with Gasteiger partial charge in [-0.3, -0.25) is 0 Å². The fourth-order valence-corrected chi connectivity index (χ4v) is 2.37. The number of nitrogens with one attached hydrogen (secondary N) is 1. The molecule has 0 fully saturated rings. The van der Waals surface area contributed by atoms with Crippen LogP contribution in [0.25, 0.3) is 11.3 Å². The highest BCUT2D eigenvalue weighted by Gasteiger charge is 2.12. The molecule has 1 heterocycles. The van der Waals surface area contributed by atoms with Gasteiger partial charge in [0.25, 0.3) is 0 Å². The lowest BCUT2D eigenvalue weighted by atomic mass is 10.0. The van der Waals surface area contributed by atoms with E-state index in [1.54, 1.807) is 6.33 Å². The third-order valence-corrected chi connectivity index (χ3v) is 3.21. The number of anilines is 1. The molecule has 0 aliphatic rings. The van der Waals surface area contributed by atoms with Crippen LogP contribution in [0.3, 0.4) is 0 Å². The zero-order valence-electron chi connectivity index (χ0n) is 13.0. The molecule has 0 spiro atoms. The minimum absolute atomic E-state index is 0.664. The van der Waals surface area contributed by atoms with Gasteiger partial charge in [0.1, 0.15) is 17.9 Å². The number of nitrogens with zero attached hydrogens (tertiary/aromatic N) is 2. The van der Waals surface area contributed by atoms with Crippen molar-refractivity contribution in [2.45, 2.75) is 33.6 Å². The summed E-state index contributed by atoms with van der Waals surface area (Å²) in [6, 6.07) is 8.09. The molecular weight excluding hydrogens is 262 g/mol. The zero-order valence-corrected chi connectivity index (χ0v) is 13.0. The summed E-state index contributed by atoms with van der Waals surface area (Å²) in [6.45, 7) is 7.75. The van der Waals surface area contributed by atoms with Gasteiger partial charge in [-0.25, -0.2) is 9.97 Å². The van der Waals surface area contributed by atoms with Crippen LogP contribution >= 0.6 is 0 Å². The number of ether oxygens (including phenoxy) is 1. The molecule has 0 aliphatic carbocycles. The summed E-state index contributed by atoms with van der Waals surface area (Å²) in [5.74, 6) is 1.81. The van der Waals surface area contributed by atoms with Crippen molar-refractivity contribution in [3.8, 4) is 17.0 Å². The summed E-state index contributed by atoms with van der Waals surface area (Å²) in [6.07, 6.45) is 3.64. The molecule has 4 heteroatoms. The lowest BCUT2D eigenvalue weighted by molar-refractivity contribution is 0.340. The monoisotopic (exact) mass is 285 g/mol. The van der Waals surface area contributed by atoms with E-state index in [1.165, 1.54) is 5.56 Å². The van der Waals surface area contributed by atoms with Gasteiger partial charge in [-0.15, -0.1) is 0 Å². The van der Waals surface area contributed by atoms with Gasteiger partial charge in [0, 0.05) is 17.7 Å². The Kier molecular flexibility index (Phi) is 5.55. The largest absolute Gasteiger partial charge is 0.494 e. The Labute approximate surface area is 126 Å². The molecular formula is C17H23N3O. The molecule has 21 heavy (non-hydrogen) atoms. The molecule has 0 bridgehead atoms. The molecule has 1 aromatic carbocycles. The quantitative estimate of drug-likeness (QED) is 0.837. The van der Waals surface area contributed by atoms with Crippen molar-refractivity contribution < 1.29 is 4.74 Å². The van der Waals surface area contributed by atoms with Crippen LogP contribution in [0, 0.1) is 0 Å². The Morgan fingerprint density at radius 1 is 1.14 bits per heavy atom. The molecule has 0 unspecified atom stereocenters. The lowest BCUT2D eigenvalue weighted by Crippen LogP contribution is -2.06. The predicted octanol–water partition coefficient (Wildman–Crippen LogP) is 3.93. The smallest absolute Gasteiger partial charge is 0.133 e. The first-order valence-electron chi connectivity index (χ1n) is 7.61. The average Bonchev–Trinajstić information content (AvgIpc) is 2.50. The normalized spacial score (nSPS) is 10.4. The third kappa shape index (κ3) is 3.72.